The summed E-state index contributed by atoms with van der Waals surface area (Å²) in [5.74, 6) is -1.95. The number of benzene rings is 2. The molecule has 2 aromatic rings. The van der Waals surface area contributed by atoms with Crippen LogP contribution in [0.4, 0.5) is 5.69 Å². The van der Waals surface area contributed by atoms with E-state index >= 15 is 0 Å². The maximum Gasteiger partial charge on any atom is 0.325 e. The van der Waals surface area contributed by atoms with Crippen LogP contribution in [0.15, 0.2) is 54.6 Å². The Bertz CT molecular complexity index is 772. The molecule has 0 heterocycles. The van der Waals surface area contributed by atoms with E-state index in [4.69, 9.17) is 5.11 Å². The molecule has 0 aromatic heterocycles. The van der Waals surface area contributed by atoms with Gasteiger partial charge in [-0.15, -0.1) is 0 Å². The van der Waals surface area contributed by atoms with Crippen LogP contribution in [-0.2, 0) is 9.59 Å². The quantitative estimate of drug-likeness (QED) is 0.712. The van der Waals surface area contributed by atoms with Crippen molar-refractivity contribution in [3.63, 3.8) is 0 Å². The van der Waals surface area contributed by atoms with Gasteiger partial charge in [0, 0.05) is 11.3 Å². The lowest BCUT2D eigenvalue weighted by atomic mass is 9.95. The number of aliphatic carboxylic acids is 1. The predicted octanol–water partition coefficient (Wildman–Crippen LogP) is 3.02. The summed E-state index contributed by atoms with van der Waals surface area (Å²) in [6, 6.07) is 14.9. The van der Waals surface area contributed by atoms with Gasteiger partial charge in [0.1, 0.15) is 6.04 Å². The van der Waals surface area contributed by atoms with Gasteiger partial charge < -0.3 is 15.7 Å². The van der Waals surface area contributed by atoms with E-state index in [1.807, 2.05) is 37.3 Å². The number of hydrogen-bond acceptors (Lipinski definition) is 3. The highest BCUT2D eigenvalue weighted by atomic mass is 16.4. The summed E-state index contributed by atoms with van der Waals surface area (Å²) in [7, 11) is 0. The first-order valence-electron chi connectivity index (χ1n) is 8.42. The molecule has 0 saturated carbocycles. The van der Waals surface area contributed by atoms with E-state index in [1.54, 1.807) is 24.3 Å². The van der Waals surface area contributed by atoms with Crippen LogP contribution in [0.25, 0.3) is 0 Å². The molecule has 2 unspecified atom stereocenters. The molecule has 6 nitrogen and oxygen atoms in total. The second kappa shape index (κ2) is 8.80. The van der Waals surface area contributed by atoms with Crippen molar-refractivity contribution in [1.82, 2.24) is 5.32 Å². The van der Waals surface area contributed by atoms with Gasteiger partial charge in [-0.3, -0.25) is 14.4 Å². The molecular formula is C20H22N2O4. The monoisotopic (exact) mass is 354 g/mol. The van der Waals surface area contributed by atoms with E-state index in [9.17, 15) is 14.4 Å². The van der Waals surface area contributed by atoms with Gasteiger partial charge in [0.2, 0.25) is 5.91 Å². The van der Waals surface area contributed by atoms with Crippen molar-refractivity contribution < 1.29 is 19.5 Å². The van der Waals surface area contributed by atoms with Crippen molar-refractivity contribution in [2.45, 2.75) is 32.2 Å². The minimum absolute atomic E-state index is 0.115. The van der Waals surface area contributed by atoms with Gasteiger partial charge >= 0.3 is 5.97 Å². The average Bonchev–Trinajstić information content (AvgIpc) is 2.63. The minimum atomic E-state index is -1.10. The summed E-state index contributed by atoms with van der Waals surface area (Å²) in [5.41, 5.74) is 1.85. The number of rotatable bonds is 7. The van der Waals surface area contributed by atoms with Crippen LogP contribution in [0, 0.1) is 0 Å². The molecule has 0 aliphatic rings. The van der Waals surface area contributed by atoms with E-state index in [2.05, 4.69) is 10.6 Å². The topological polar surface area (TPSA) is 95.5 Å². The largest absolute Gasteiger partial charge is 0.480 e. The Hall–Kier alpha value is -3.15. The van der Waals surface area contributed by atoms with Crippen molar-refractivity contribution in [3.8, 4) is 0 Å². The summed E-state index contributed by atoms with van der Waals surface area (Å²) in [6.07, 6.45) is 0.670. The number of carbonyl (C=O) groups is 3. The second-order valence-corrected chi connectivity index (χ2v) is 5.97. The molecule has 2 atom stereocenters. The fraction of sp³-hybridized carbons (Fsp3) is 0.250. The van der Waals surface area contributed by atoms with E-state index in [-0.39, 0.29) is 11.8 Å². The van der Waals surface area contributed by atoms with Crippen LogP contribution in [0.5, 0.6) is 0 Å². The van der Waals surface area contributed by atoms with Gasteiger partial charge in [-0.05, 0) is 43.2 Å². The predicted molar refractivity (Wildman–Crippen MR) is 99.1 cm³/mol. The highest BCUT2D eigenvalue weighted by Gasteiger charge is 2.19. The molecule has 2 aromatic carbocycles. The van der Waals surface area contributed by atoms with Gasteiger partial charge in [0.15, 0.2) is 0 Å². The Morgan fingerprint density at radius 2 is 1.62 bits per heavy atom. The summed E-state index contributed by atoms with van der Waals surface area (Å²) in [4.78, 5) is 35.3. The van der Waals surface area contributed by atoms with Crippen LogP contribution in [0.2, 0.25) is 0 Å². The van der Waals surface area contributed by atoms with Gasteiger partial charge in [-0.25, -0.2) is 0 Å². The third kappa shape index (κ3) is 4.92. The molecule has 0 saturated heterocycles. The normalized spacial score (nSPS) is 12.7. The van der Waals surface area contributed by atoms with Crippen molar-refractivity contribution in [1.29, 1.82) is 0 Å². The van der Waals surface area contributed by atoms with Gasteiger partial charge in [-0.1, -0.05) is 37.3 Å². The Morgan fingerprint density at radius 1 is 1.00 bits per heavy atom. The van der Waals surface area contributed by atoms with Crippen LogP contribution < -0.4 is 10.6 Å². The highest BCUT2D eigenvalue weighted by molar-refractivity contribution is 5.98. The van der Waals surface area contributed by atoms with Crippen LogP contribution >= 0.6 is 0 Å². The van der Waals surface area contributed by atoms with Crippen molar-refractivity contribution in [2.75, 3.05) is 5.32 Å². The molecule has 2 rings (SSSR count). The molecule has 6 heteroatoms. The minimum Gasteiger partial charge on any atom is -0.480 e. The Labute approximate surface area is 152 Å². The van der Waals surface area contributed by atoms with Gasteiger partial charge in [0.25, 0.3) is 5.91 Å². The lowest BCUT2D eigenvalue weighted by Gasteiger charge is -2.15. The molecule has 0 spiro atoms. The second-order valence-electron chi connectivity index (χ2n) is 5.97. The summed E-state index contributed by atoms with van der Waals surface area (Å²) in [5, 5.41) is 14.1. The molecule has 0 radical (unpaired) electrons. The lowest BCUT2D eigenvalue weighted by molar-refractivity contribution is -0.138. The summed E-state index contributed by atoms with van der Waals surface area (Å²) in [6.45, 7) is 3.34. The highest BCUT2D eigenvalue weighted by Crippen LogP contribution is 2.21. The number of carboxylic acids is 1. The van der Waals surface area contributed by atoms with Gasteiger partial charge in [0.05, 0.1) is 5.92 Å². The molecule has 0 aliphatic carbocycles. The average molecular weight is 354 g/mol. The first kappa shape index (κ1) is 19.2. The fourth-order valence-corrected chi connectivity index (χ4v) is 2.53. The lowest BCUT2D eigenvalue weighted by Crippen LogP contribution is -2.38. The Morgan fingerprint density at radius 3 is 2.15 bits per heavy atom. The van der Waals surface area contributed by atoms with Gasteiger partial charge in [-0.2, -0.15) is 0 Å². The number of nitrogens with one attached hydrogen (secondary N) is 2. The molecule has 0 fully saturated rings. The van der Waals surface area contributed by atoms with Crippen molar-refractivity contribution >= 4 is 23.5 Å². The van der Waals surface area contributed by atoms with Crippen molar-refractivity contribution in [3.05, 3.63) is 65.7 Å². The summed E-state index contributed by atoms with van der Waals surface area (Å²) < 4.78 is 0. The summed E-state index contributed by atoms with van der Waals surface area (Å²) >= 11 is 0. The van der Waals surface area contributed by atoms with Crippen LogP contribution in [-0.4, -0.2) is 28.9 Å². The maximum atomic E-state index is 12.5. The zero-order chi connectivity index (χ0) is 19.1. The zero-order valence-corrected chi connectivity index (χ0v) is 14.7. The van der Waals surface area contributed by atoms with E-state index in [0.717, 1.165) is 5.56 Å². The third-order valence-corrected chi connectivity index (χ3v) is 4.06. The van der Waals surface area contributed by atoms with Crippen molar-refractivity contribution in [2.24, 2.45) is 0 Å². The maximum absolute atomic E-state index is 12.5. The third-order valence-electron chi connectivity index (χ3n) is 4.06. The SMILES string of the molecule is CCC(C(=O)Nc1ccc(C(=O)NC(C)C(=O)O)cc1)c1ccccc1. The van der Waals surface area contributed by atoms with Crippen LogP contribution in [0.1, 0.15) is 42.1 Å². The molecule has 26 heavy (non-hydrogen) atoms. The molecule has 136 valence electrons. The first-order valence-corrected chi connectivity index (χ1v) is 8.42. The molecule has 3 N–H and O–H groups in total. The number of hydrogen-bond donors (Lipinski definition) is 3. The van der Waals surface area contributed by atoms with E-state index in [1.165, 1.54) is 6.92 Å². The molecule has 0 bridgehead atoms. The first-order chi connectivity index (χ1) is 12.4. The van der Waals surface area contributed by atoms with E-state index in [0.29, 0.717) is 17.7 Å². The molecular weight excluding hydrogens is 332 g/mol. The smallest absolute Gasteiger partial charge is 0.325 e. The molecule has 0 aliphatic heterocycles. The Balaban J connectivity index is 2.03. The standard InChI is InChI=1S/C20H22N2O4/c1-3-17(14-7-5-4-6-8-14)19(24)22-16-11-9-15(10-12-16)18(23)21-13(2)20(25)26/h4-13,17H,3H2,1-2H3,(H,21,23)(H,22,24)(H,25,26). The Kier molecular flexibility index (Phi) is 6.49. The number of amides is 2. The number of carbonyl (C=O) groups excluding carboxylic acids is 2. The molecule has 2 amide bonds. The van der Waals surface area contributed by atoms with Crippen LogP contribution in [0.3, 0.4) is 0 Å². The fourth-order valence-electron chi connectivity index (χ4n) is 2.53. The zero-order valence-electron chi connectivity index (χ0n) is 14.7. The number of anilines is 1. The number of carboxylic acid groups (broad SMARTS) is 1. The van der Waals surface area contributed by atoms with E-state index < -0.39 is 17.9 Å².